The number of pyridine rings is 1. The molecule has 0 atom stereocenters. The van der Waals surface area contributed by atoms with E-state index in [1.54, 1.807) is 6.07 Å². The van der Waals surface area contributed by atoms with Gasteiger partial charge in [0.25, 0.3) is 0 Å². The third-order valence-electron chi connectivity index (χ3n) is 4.10. The Morgan fingerprint density at radius 1 is 1.07 bits per heavy atom. The van der Waals surface area contributed by atoms with E-state index in [9.17, 15) is 4.79 Å². The van der Waals surface area contributed by atoms with Crippen molar-refractivity contribution in [1.82, 2.24) is 10.2 Å². The van der Waals surface area contributed by atoms with Crippen molar-refractivity contribution in [3.05, 3.63) is 83.8 Å². The van der Waals surface area contributed by atoms with E-state index in [4.69, 9.17) is 5.73 Å². The second-order valence-corrected chi connectivity index (χ2v) is 7.05. The van der Waals surface area contributed by atoms with Crippen LogP contribution in [0.4, 0.5) is 0 Å². The molecule has 27 heavy (non-hydrogen) atoms. The monoisotopic (exact) mass is 373 g/mol. The second-order valence-electron chi connectivity index (χ2n) is 5.93. The molecule has 0 bridgehead atoms. The zero-order valence-electron chi connectivity index (χ0n) is 14.3. The maximum atomic E-state index is 11.6. The van der Waals surface area contributed by atoms with Crippen LogP contribution in [0.15, 0.2) is 76.7 Å². The zero-order valence-corrected chi connectivity index (χ0v) is 15.2. The fraction of sp³-hybridized carbons (Fsp3) is 0. The molecule has 0 fully saturated rings. The highest BCUT2D eigenvalue weighted by Crippen LogP contribution is 2.32. The van der Waals surface area contributed by atoms with Crippen LogP contribution < -0.4 is 10.7 Å². The summed E-state index contributed by atoms with van der Waals surface area (Å²) < 4.78 is 0. The van der Waals surface area contributed by atoms with Gasteiger partial charge < -0.3 is 5.73 Å². The van der Waals surface area contributed by atoms with E-state index in [2.05, 4.69) is 15.2 Å². The van der Waals surface area contributed by atoms with Gasteiger partial charge in [-0.1, -0.05) is 23.9 Å². The molecule has 5 nitrogen and oxygen atoms in total. The van der Waals surface area contributed by atoms with E-state index < -0.39 is 5.91 Å². The topological polar surface area (TPSA) is 85.9 Å². The molecule has 4 rings (SSSR count). The SMILES string of the molecule is NC(=O)c1ccccc1Sc1ccc2c(/C=C/c3cccc[nH+]3)n[nH]c2c1. The van der Waals surface area contributed by atoms with E-state index >= 15 is 0 Å². The average molecular weight is 373 g/mol. The third kappa shape index (κ3) is 3.75. The van der Waals surface area contributed by atoms with Crippen molar-refractivity contribution in [3.8, 4) is 0 Å². The van der Waals surface area contributed by atoms with Gasteiger partial charge in [-0.15, -0.1) is 0 Å². The Morgan fingerprint density at radius 3 is 2.74 bits per heavy atom. The lowest BCUT2D eigenvalue weighted by molar-refractivity contribution is -0.380. The van der Waals surface area contributed by atoms with Crippen LogP contribution in [0.3, 0.4) is 0 Å². The van der Waals surface area contributed by atoms with Gasteiger partial charge in [0.2, 0.25) is 11.6 Å². The van der Waals surface area contributed by atoms with Crippen molar-refractivity contribution < 1.29 is 9.78 Å². The van der Waals surface area contributed by atoms with Gasteiger partial charge in [-0.05, 0) is 42.5 Å². The Labute approximate surface area is 160 Å². The highest BCUT2D eigenvalue weighted by Gasteiger charge is 2.10. The average Bonchev–Trinajstić information content (AvgIpc) is 3.10. The molecule has 2 heterocycles. The van der Waals surface area contributed by atoms with Crippen LogP contribution in [0.2, 0.25) is 0 Å². The number of hydrogen-bond acceptors (Lipinski definition) is 3. The Kier molecular flexibility index (Phi) is 4.72. The Balaban J connectivity index is 1.61. The molecular formula is C21H17N4OS+. The van der Waals surface area contributed by atoms with Gasteiger partial charge in [0.05, 0.1) is 16.8 Å². The molecule has 2 aromatic carbocycles. The molecule has 0 spiro atoms. The smallest absolute Gasteiger partial charge is 0.249 e. The summed E-state index contributed by atoms with van der Waals surface area (Å²) in [5, 5.41) is 8.50. The first-order valence-corrected chi connectivity index (χ1v) is 9.22. The molecule has 0 radical (unpaired) electrons. The summed E-state index contributed by atoms with van der Waals surface area (Å²) in [5.74, 6) is -0.425. The molecule has 132 valence electrons. The number of nitrogens with one attached hydrogen (secondary N) is 2. The van der Waals surface area contributed by atoms with Crippen LogP contribution >= 0.6 is 11.8 Å². The third-order valence-corrected chi connectivity index (χ3v) is 5.16. The Bertz CT molecular complexity index is 1140. The van der Waals surface area contributed by atoms with Gasteiger partial charge in [-0.3, -0.25) is 9.89 Å². The maximum Gasteiger partial charge on any atom is 0.249 e. The Hall–Kier alpha value is -3.38. The summed E-state index contributed by atoms with van der Waals surface area (Å²) in [7, 11) is 0. The molecule has 0 aliphatic rings. The van der Waals surface area contributed by atoms with Gasteiger partial charge in [0, 0.05) is 33.4 Å². The zero-order chi connectivity index (χ0) is 18.6. The van der Waals surface area contributed by atoms with Crippen molar-refractivity contribution in [3.63, 3.8) is 0 Å². The predicted octanol–water partition coefficient (Wildman–Crippen LogP) is 3.80. The minimum Gasteiger partial charge on any atom is -0.366 e. The van der Waals surface area contributed by atoms with Crippen LogP contribution in [-0.2, 0) is 0 Å². The van der Waals surface area contributed by atoms with Gasteiger partial charge in [0.15, 0.2) is 6.20 Å². The lowest BCUT2D eigenvalue weighted by atomic mass is 10.2. The predicted molar refractivity (Wildman–Crippen MR) is 107 cm³/mol. The largest absolute Gasteiger partial charge is 0.366 e. The molecule has 1 amide bonds. The molecule has 0 aliphatic heterocycles. The molecule has 0 aliphatic carbocycles. The highest BCUT2D eigenvalue weighted by molar-refractivity contribution is 7.99. The van der Waals surface area contributed by atoms with Crippen molar-refractivity contribution in [1.29, 1.82) is 0 Å². The first-order chi connectivity index (χ1) is 13.2. The number of aromatic amines is 2. The number of nitrogens with two attached hydrogens (primary N) is 1. The fourth-order valence-corrected chi connectivity index (χ4v) is 3.77. The normalized spacial score (nSPS) is 11.3. The van der Waals surface area contributed by atoms with Crippen LogP contribution in [-0.4, -0.2) is 16.1 Å². The van der Waals surface area contributed by atoms with E-state index in [0.29, 0.717) is 5.56 Å². The summed E-state index contributed by atoms with van der Waals surface area (Å²) in [6, 6.07) is 19.3. The van der Waals surface area contributed by atoms with Crippen molar-refractivity contribution in [2.75, 3.05) is 0 Å². The summed E-state index contributed by atoms with van der Waals surface area (Å²) in [6.07, 6.45) is 5.84. The lowest BCUT2D eigenvalue weighted by Gasteiger charge is -2.06. The van der Waals surface area contributed by atoms with Crippen LogP contribution in [0.25, 0.3) is 23.1 Å². The molecule has 4 N–H and O–H groups in total. The summed E-state index contributed by atoms with van der Waals surface area (Å²) in [5.41, 5.74) is 8.80. The molecule has 0 unspecified atom stereocenters. The number of aromatic nitrogens is 3. The molecule has 4 aromatic rings. The van der Waals surface area contributed by atoms with Gasteiger partial charge in [0.1, 0.15) is 0 Å². The van der Waals surface area contributed by atoms with Gasteiger partial charge in [-0.25, -0.2) is 4.98 Å². The van der Waals surface area contributed by atoms with E-state index in [0.717, 1.165) is 32.1 Å². The minimum atomic E-state index is -0.425. The van der Waals surface area contributed by atoms with E-state index in [-0.39, 0.29) is 0 Å². The first-order valence-electron chi connectivity index (χ1n) is 8.40. The lowest BCUT2D eigenvalue weighted by Crippen LogP contribution is -2.11. The number of H-pyrrole nitrogens is 2. The maximum absolute atomic E-state index is 11.6. The quantitative estimate of drug-likeness (QED) is 0.558. The van der Waals surface area contributed by atoms with E-state index in [1.165, 1.54) is 11.8 Å². The number of carbonyl (C=O) groups excluding carboxylic acids is 1. The second kappa shape index (κ2) is 7.47. The summed E-state index contributed by atoms with van der Waals surface area (Å²) >= 11 is 1.51. The molecule has 0 saturated carbocycles. The number of rotatable bonds is 5. The summed E-state index contributed by atoms with van der Waals surface area (Å²) in [6.45, 7) is 0. The number of nitrogens with zero attached hydrogens (tertiary/aromatic N) is 1. The molecule has 2 aromatic heterocycles. The van der Waals surface area contributed by atoms with Crippen molar-refractivity contribution >= 4 is 40.7 Å². The summed E-state index contributed by atoms with van der Waals surface area (Å²) in [4.78, 5) is 16.6. The molecule has 6 heteroatoms. The van der Waals surface area contributed by atoms with Gasteiger partial charge >= 0.3 is 0 Å². The van der Waals surface area contributed by atoms with Crippen molar-refractivity contribution in [2.45, 2.75) is 9.79 Å². The highest BCUT2D eigenvalue weighted by atomic mass is 32.2. The number of hydrogen-bond donors (Lipinski definition) is 2. The van der Waals surface area contributed by atoms with Crippen LogP contribution in [0.5, 0.6) is 0 Å². The fourth-order valence-electron chi connectivity index (χ4n) is 2.78. The Morgan fingerprint density at radius 2 is 1.93 bits per heavy atom. The molecule has 0 saturated heterocycles. The van der Waals surface area contributed by atoms with Crippen molar-refractivity contribution in [2.24, 2.45) is 5.73 Å². The number of amides is 1. The van der Waals surface area contributed by atoms with Crippen LogP contribution in [0, 0.1) is 0 Å². The number of carbonyl (C=O) groups is 1. The molecular weight excluding hydrogens is 356 g/mol. The standard InChI is InChI=1S/C21H16N4OS/c22-21(26)17-6-1-2-7-20(17)27-15-9-10-16-18(24-25-19(16)13-15)11-8-14-5-3-4-12-23-14/h1-13H,(H2,22,26)(H,24,25)/p+1/b11-8+. The van der Waals surface area contributed by atoms with Gasteiger partial charge in [-0.2, -0.15) is 5.10 Å². The number of primary amides is 1. The number of benzene rings is 2. The van der Waals surface area contributed by atoms with Crippen LogP contribution in [0.1, 0.15) is 21.7 Å². The first kappa shape index (κ1) is 17.1. The number of fused-ring (bicyclic) bond motifs is 1. The van der Waals surface area contributed by atoms with E-state index in [1.807, 2.05) is 72.9 Å². The minimum absolute atomic E-state index is 0.425.